The van der Waals surface area contributed by atoms with E-state index < -0.39 is 29.4 Å². The summed E-state index contributed by atoms with van der Waals surface area (Å²) in [5.41, 5.74) is 5.55. The average molecular weight is 393 g/mol. The smallest absolute Gasteiger partial charge is 0.243 e. The van der Waals surface area contributed by atoms with Crippen LogP contribution in [0.15, 0.2) is 0 Å². The molecule has 0 radical (unpaired) electrons. The zero-order chi connectivity index (χ0) is 20.7. The highest BCUT2D eigenvalue weighted by molar-refractivity contribution is 5.91. The Balaban J connectivity index is 2.04. The van der Waals surface area contributed by atoms with Crippen LogP contribution < -0.4 is 26.8 Å². The summed E-state index contributed by atoms with van der Waals surface area (Å²) in [4.78, 5) is 36.5. The van der Waals surface area contributed by atoms with E-state index in [1.165, 1.54) is 0 Å². The van der Waals surface area contributed by atoms with Crippen molar-refractivity contribution in [2.24, 2.45) is 11.3 Å². The lowest BCUT2D eigenvalue weighted by atomic mass is 9.86. The van der Waals surface area contributed by atoms with Gasteiger partial charge in [-0.05, 0) is 30.6 Å². The number of nitriles is 1. The van der Waals surface area contributed by atoms with Crippen molar-refractivity contribution in [1.82, 2.24) is 26.8 Å². The van der Waals surface area contributed by atoms with Crippen LogP contribution in [0, 0.1) is 22.7 Å². The minimum absolute atomic E-state index is 0.181. The number of hydrogen-bond donors (Lipinski definition) is 5. The van der Waals surface area contributed by atoms with Crippen LogP contribution in [-0.4, -0.2) is 48.9 Å². The second-order valence-corrected chi connectivity index (χ2v) is 8.76. The number of hydrazine groups is 1. The predicted octanol–water partition coefficient (Wildman–Crippen LogP) is -0.303. The Morgan fingerprint density at radius 1 is 1.21 bits per heavy atom. The maximum absolute atomic E-state index is 12.9. The van der Waals surface area contributed by atoms with Crippen LogP contribution in [0.3, 0.4) is 0 Å². The van der Waals surface area contributed by atoms with Crippen LogP contribution in [0.2, 0.25) is 0 Å². The van der Waals surface area contributed by atoms with Crippen molar-refractivity contribution in [3.05, 3.63) is 0 Å². The van der Waals surface area contributed by atoms with E-state index in [9.17, 15) is 19.6 Å². The average Bonchev–Trinajstić information content (AvgIpc) is 3.47. The standard InChI is InChI=1S/C19H32N6O3/c1-19(2,3)16(21-11-26)18(28)23-14(9-12-6-7-12)17(27)24-15(10-20)13-5-4-8-22-25-13/h11-16,22,25H,4-9H2,1-3H3,(H,21,26)(H,23,28)(H,24,27). The molecule has 1 saturated carbocycles. The van der Waals surface area contributed by atoms with Crippen LogP contribution in [0.5, 0.6) is 0 Å². The second kappa shape index (κ2) is 9.85. The van der Waals surface area contributed by atoms with E-state index in [-0.39, 0.29) is 11.9 Å². The van der Waals surface area contributed by atoms with Gasteiger partial charge < -0.3 is 16.0 Å². The first-order valence-corrected chi connectivity index (χ1v) is 9.94. The Labute approximate surface area is 166 Å². The zero-order valence-electron chi connectivity index (χ0n) is 16.9. The molecule has 156 valence electrons. The lowest BCUT2D eigenvalue weighted by Crippen LogP contribution is -2.60. The third-order valence-corrected chi connectivity index (χ3v) is 5.21. The Morgan fingerprint density at radius 3 is 2.43 bits per heavy atom. The highest BCUT2D eigenvalue weighted by atomic mass is 16.2. The van der Waals surface area contributed by atoms with Crippen molar-refractivity contribution in [2.75, 3.05) is 6.54 Å². The summed E-state index contributed by atoms with van der Waals surface area (Å²) in [6, 6.07) is -0.215. The van der Waals surface area contributed by atoms with Crippen molar-refractivity contribution in [1.29, 1.82) is 5.26 Å². The minimum atomic E-state index is -0.754. The Bertz CT molecular complexity index is 602. The van der Waals surface area contributed by atoms with Crippen LogP contribution in [0.1, 0.15) is 52.9 Å². The van der Waals surface area contributed by atoms with Gasteiger partial charge in [-0.2, -0.15) is 5.26 Å². The number of carbonyl (C=O) groups excluding carboxylic acids is 3. The molecule has 0 aromatic carbocycles. The molecule has 0 aromatic rings. The molecule has 1 aliphatic carbocycles. The summed E-state index contributed by atoms with van der Waals surface area (Å²) < 4.78 is 0. The highest BCUT2D eigenvalue weighted by Crippen LogP contribution is 2.33. The second-order valence-electron chi connectivity index (χ2n) is 8.76. The summed E-state index contributed by atoms with van der Waals surface area (Å²) in [6.45, 7) is 6.35. The fraction of sp³-hybridized carbons (Fsp3) is 0.789. The Morgan fingerprint density at radius 2 is 1.93 bits per heavy atom. The molecule has 28 heavy (non-hydrogen) atoms. The molecule has 0 spiro atoms. The molecular weight excluding hydrogens is 360 g/mol. The molecule has 4 unspecified atom stereocenters. The predicted molar refractivity (Wildman–Crippen MR) is 103 cm³/mol. The molecule has 2 rings (SSSR count). The van der Waals surface area contributed by atoms with Crippen molar-refractivity contribution in [3.8, 4) is 6.07 Å². The molecule has 2 fully saturated rings. The van der Waals surface area contributed by atoms with Gasteiger partial charge >= 0.3 is 0 Å². The molecule has 1 aliphatic heterocycles. The van der Waals surface area contributed by atoms with E-state index >= 15 is 0 Å². The topological polar surface area (TPSA) is 135 Å². The third-order valence-electron chi connectivity index (χ3n) is 5.21. The van der Waals surface area contributed by atoms with Gasteiger partial charge in [-0.3, -0.25) is 25.2 Å². The van der Waals surface area contributed by atoms with Gasteiger partial charge in [0.1, 0.15) is 18.1 Å². The summed E-state index contributed by atoms with van der Waals surface area (Å²) in [6.07, 6.45) is 4.79. The summed E-state index contributed by atoms with van der Waals surface area (Å²) >= 11 is 0. The Hall–Kier alpha value is -2.18. The number of carbonyl (C=O) groups is 3. The third kappa shape index (κ3) is 6.46. The minimum Gasteiger partial charge on any atom is -0.346 e. The lowest BCUT2D eigenvalue weighted by molar-refractivity contribution is -0.133. The highest BCUT2D eigenvalue weighted by Gasteiger charge is 2.37. The van der Waals surface area contributed by atoms with Crippen molar-refractivity contribution in [2.45, 2.75) is 77.0 Å². The van der Waals surface area contributed by atoms with E-state index in [4.69, 9.17) is 0 Å². The van der Waals surface area contributed by atoms with Gasteiger partial charge in [0.05, 0.1) is 12.1 Å². The van der Waals surface area contributed by atoms with Crippen molar-refractivity contribution in [3.63, 3.8) is 0 Å². The van der Waals surface area contributed by atoms with E-state index in [0.717, 1.165) is 32.2 Å². The van der Waals surface area contributed by atoms with Gasteiger partial charge in [-0.25, -0.2) is 0 Å². The van der Waals surface area contributed by atoms with Gasteiger partial charge in [0.15, 0.2) is 0 Å². The van der Waals surface area contributed by atoms with E-state index in [1.54, 1.807) is 0 Å². The number of hydrogen-bond acceptors (Lipinski definition) is 6. The molecular formula is C19H32N6O3. The SMILES string of the molecule is CC(C)(C)C(NC=O)C(=O)NC(CC1CC1)C(=O)NC(C#N)C1CCCNN1. The van der Waals surface area contributed by atoms with Gasteiger partial charge in [-0.15, -0.1) is 0 Å². The van der Waals surface area contributed by atoms with E-state index in [0.29, 0.717) is 18.7 Å². The number of rotatable bonds is 9. The summed E-state index contributed by atoms with van der Waals surface area (Å²) in [5, 5.41) is 17.6. The molecule has 2 aliphatic rings. The molecule has 0 bridgehead atoms. The van der Waals surface area contributed by atoms with Crippen LogP contribution in [0.25, 0.3) is 0 Å². The lowest BCUT2D eigenvalue weighted by Gasteiger charge is -2.32. The molecule has 9 nitrogen and oxygen atoms in total. The number of nitrogens with one attached hydrogen (secondary N) is 5. The summed E-state index contributed by atoms with van der Waals surface area (Å²) in [7, 11) is 0. The van der Waals surface area contributed by atoms with Crippen molar-refractivity contribution >= 4 is 18.2 Å². The molecule has 0 aromatic heterocycles. The fourth-order valence-corrected chi connectivity index (χ4v) is 3.37. The van der Waals surface area contributed by atoms with E-state index in [1.807, 2.05) is 20.8 Å². The monoisotopic (exact) mass is 392 g/mol. The molecule has 4 atom stereocenters. The van der Waals surface area contributed by atoms with Gasteiger partial charge in [0.2, 0.25) is 18.2 Å². The molecule has 5 N–H and O–H groups in total. The quantitative estimate of drug-likeness (QED) is 0.342. The first-order valence-electron chi connectivity index (χ1n) is 9.94. The molecule has 3 amide bonds. The first-order chi connectivity index (χ1) is 13.3. The molecule has 1 saturated heterocycles. The maximum atomic E-state index is 12.9. The molecule has 1 heterocycles. The van der Waals surface area contributed by atoms with Crippen LogP contribution in [0.4, 0.5) is 0 Å². The van der Waals surface area contributed by atoms with Crippen LogP contribution >= 0.6 is 0 Å². The first kappa shape index (κ1) is 22.1. The number of amides is 3. The fourth-order valence-electron chi connectivity index (χ4n) is 3.37. The normalized spacial score (nSPS) is 22.9. The maximum Gasteiger partial charge on any atom is 0.243 e. The van der Waals surface area contributed by atoms with Crippen LogP contribution in [-0.2, 0) is 14.4 Å². The molecule has 9 heteroatoms. The van der Waals surface area contributed by atoms with Gasteiger partial charge in [-0.1, -0.05) is 33.6 Å². The zero-order valence-corrected chi connectivity index (χ0v) is 16.9. The summed E-state index contributed by atoms with van der Waals surface area (Å²) in [5.74, 6) is -0.359. The van der Waals surface area contributed by atoms with E-state index in [2.05, 4.69) is 32.9 Å². The van der Waals surface area contributed by atoms with Gasteiger partial charge in [0.25, 0.3) is 0 Å². The van der Waals surface area contributed by atoms with Gasteiger partial charge in [0, 0.05) is 6.54 Å². The van der Waals surface area contributed by atoms with Crippen molar-refractivity contribution < 1.29 is 14.4 Å². The largest absolute Gasteiger partial charge is 0.346 e. The Kier molecular flexibility index (Phi) is 7.78. The number of nitrogens with zero attached hydrogens (tertiary/aromatic N) is 1.